The summed E-state index contributed by atoms with van der Waals surface area (Å²) < 4.78 is 31.4. The SMILES string of the molecule is COCCN1C(=O)c2cccn2S(=O)(=O)c2ccccc21. The number of benzene rings is 1. The lowest BCUT2D eigenvalue weighted by atomic mass is 10.2. The van der Waals surface area contributed by atoms with E-state index in [9.17, 15) is 13.2 Å². The van der Waals surface area contributed by atoms with Crippen LogP contribution in [0.1, 0.15) is 10.5 Å². The lowest BCUT2D eigenvalue weighted by Gasteiger charge is -2.21. The number of carbonyl (C=O) groups excluding carboxylic acids is 1. The summed E-state index contributed by atoms with van der Waals surface area (Å²) in [4.78, 5) is 14.2. The van der Waals surface area contributed by atoms with Gasteiger partial charge in [0.15, 0.2) is 0 Å². The molecule has 7 heteroatoms. The highest BCUT2D eigenvalue weighted by Crippen LogP contribution is 2.32. The maximum atomic E-state index is 12.7. The fourth-order valence-electron chi connectivity index (χ4n) is 2.40. The number of aromatic nitrogens is 1. The molecule has 0 aliphatic carbocycles. The Morgan fingerprint density at radius 1 is 1.14 bits per heavy atom. The zero-order valence-corrected chi connectivity index (χ0v) is 12.2. The summed E-state index contributed by atoms with van der Waals surface area (Å²) >= 11 is 0. The van der Waals surface area contributed by atoms with Crippen molar-refractivity contribution in [1.29, 1.82) is 0 Å². The van der Waals surface area contributed by atoms with Crippen molar-refractivity contribution in [2.45, 2.75) is 4.90 Å². The second-order valence-corrected chi connectivity index (χ2v) is 6.39. The Bertz CT molecular complexity index is 795. The topological polar surface area (TPSA) is 68.6 Å². The third kappa shape index (κ3) is 2.05. The fourth-order valence-corrected chi connectivity index (χ4v) is 3.93. The van der Waals surface area contributed by atoms with Crippen LogP contribution < -0.4 is 4.90 Å². The van der Waals surface area contributed by atoms with Crippen molar-refractivity contribution in [3.8, 4) is 0 Å². The number of methoxy groups -OCH3 is 1. The van der Waals surface area contributed by atoms with Crippen molar-refractivity contribution < 1.29 is 17.9 Å². The Hall–Kier alpha value is -2.12. The summed E-state index contributed by atoms with van der Waals surface area (Å²) in [5.74, 6) is -0.356. The minimum Gasteiger partial charge on any atom is -0.383 e. The van der Waals surface area contributed by atoms with Crippen LogP contribution in [-0.2, 0) is 14.8 Å². The van der Waals surface area contributed by atoms with E-state index in [0.29, 0.717) is 12.3 Å². The van der Waals surface area contributed by atoms with Gasteiger partial charge >= 0.3 is 0 Å². The molecule has 0 atom stereocenters. The number of hydrogen-bond donors (Lipinski definition) is 0. The van der Waals surface area contributed by atoms with Gasteiger partial charge in [0.1, 0.15) is 10.6 Å². The zero-order valence-electron chi connectivity index (χ0n) is 11.4. The van der Waals surface area contributed by atoms with Gasteiger partial charge in [-0.3, -0.25) is 4.79 Å². The van der Waals surface area contributed by atoms with Gasteiger partial charge in [-0.2, -0.15) is 0 Å². The molecule has 0 unspecified atom stereocenters. The van der Waals surface area contributed by atoms with Crippen LogP contribution in [0.15, 0.2) is 47.5 Å². The van der Waals surface area contributed by atoms with Crippen LogP contribution in [0.2, 0.25) is 0 Å². The molecular weight excluding hydrogens is 292 g/mol. The van der Waals surface area contributed by atoms with Gasteiger partial charge in [0.2, 0.25) is 0 Å². The summed E-state index contributed by atoms with van der Waals surface area (Å²) in [6, 6.07) is 9.55. The molecule has 0 N–H and O–H groups in total. The van der Waals surface area contributed by atoms with Gasteiger partial charge in [-0.15, -0.1) is 0 Å². The number of para-hydroxylation sites is 1. The molecule has 0 radical (unpaired) electrons. The molecule has 0 spiro atoms. The first-order chi connectivity index (χ1) is 10.1. The molecule has 0 fully saturated rings. The van der Waals surface area contributed by atoms with Crippen LogP contribution in [0.25, 0.3) is 0 Å². The molecular formula is C14H14N2O4S. The van der Waals surface area contributed by atoms with E-state index in [1.807, 2.05) is 0 Å². The van der Waals surface area contributed by atoms with Crippen molar-refractivity contribution >= 4 is 21.6 Å². The maximum absolute atomic E-state index is 12.7. The van der Waals surface area contributed by atoms with Crippen LogP contribution in [0.4, 0.5) is 5.69 Å². The highest BCUT2D eigenvalue weighted by atomic mass is 32.2. The van der Waals surface area contributed by atoms with Crippen LogP contribution >= 0.6 is 0 Å². The summed E-state index contributed by atoms with van der Waals surface area (Å²) in [6.45, 7) is 0.605. The van der Waals surface area contributed by atoms with Crippen LogP contribution in [0, 0.1) is 0 Å². The van der Waals surface area contributed by atoms with Gasteiger partial charge in [-0.05, 0) is 24.3 Å². The molecule has 0 saturated carbocycles. The molecule has 3 rings (SSSR count). The Kier molecular flexibility index (Phi) is 3.30. The summed E-state index contributed by atoms with van der Waals surface area (Å²) in [7, 11) is -2.24. The van der Waals surface area contributed by atoms with Crippen LogP contribution in [0.3, 0.4) is 0 Å². The molecule has 2 heterocycles. The number of ether oxygens (including phenoxy) is 1. The Morgan fingerprint density at radius 2 is 1.90 bits per heavy atom. The van der Waals surface area contributed by atoms with Gasteiger partial charge < -0.3 is 9.64 Å². The van der Waals surface area contributed by atoms with Gasteiger partial charge in [-0.25, -0.2) is 12.4 Å². The smallest absolute Gasteiger partial charge is 0.276 e. The maximum Gasteiger partial charge on any atom is 0.276 e. The second-order valence-electron chi connectivity index (χ2n) is 4.61. The predicted molar refractivity (Wildman–Crippen MR) is 77.0 cm³/mol. The number of fused-ring (bicyclic) bond motifs is 2. The summed E-state index contributed by atoms with van der Waals surface area (Å²) in [6.07, 6.45) is 1.39. The number of amides is 1. The van der Waals surface area contributed by atoms with Crippen molar-refractivity contribution in [3.05, 3.63) is 48.3 Å². The Balaban J connectivity index is 2.28. The first kappa shape index (κ1) is 13.8. The zero-order chi connectivity index (χ0) is 15.0. The Morgan fingerprint density at radius 3 is 2.67 bits per heavy atom. The first-order valence-electron chi connectivity index (χ1n) is 6.40. The van der Waals surface area contributed by atoms with E-state index in [-0.39, 0.29) is 23.0 Å². The Labute approximate surface area is 122 Å². The van der Waals surface area contributed by atoms with E-state index in [4.69, 9.17) is 4.74 Å². The van der Waals surface area contributed by atoms with E-state index < -0.39 is 10.0 Å². The predicted octanol–water partition coefficient (Wildman–Crippen LogP) is 1.33. The molecule has 1 aliphatic heterocycles. The van der Waals surface area contributed by atoms with Crippen LogP contribution in [0.5, 0.6) is 0 Å². The third-order valence-electron chi connectivity index (χ3n) is 3.39. The monoisotopic (exact) mass is 306 g/mol. The average Bonchev–Trinajstić information content (AvgIpc) is 2.95. The van der Waals surface area contributed by atoms with E-state index in [0.717, 1.165) is 3.97 Å². The second kappa shape index (κ2) is 5.01. The first-order valence-corrected chi connectivity index (χ1v) is 7.84. The molecule has 1 aliphatic rings. The van der Waals surface area contributed by atoms with Gasteiger partial charge in [0, 0.05) is 19.9 Å². The summed E-state index contributed by atoms with van der Waals surface area (Å²) in [5.41, 5.74) is 0.505. The normalized spacial score (nSPS) is 16.2. The largest absolute Gasteiger partial charge is 0.383 e. The number of rotatable bonds is 3. The highest BCUT2D eigenvalue weighted by molar-refractivity contribution is 7.90. The van der Waals surface area contributed by atoms with Crippen molar-refractivity contribution in [1.82, 2.24) is 3.97 Å². The number of carbonyl (C=O) groups is 1. The number of nitrogens with zero attached hydrogens (tertiary/aromatic N) is 2. The highest BCUT2D eigenvalue weighted by Gasteiger charge is 2.34. The van der Waals surface area contributed by atoms with E-state index in [2.05, 4.69) is 0 Å². The molecule has 1 aromatic carbocycles. The molecule has 1 aromatic heterocycles. The van der Waals surface area contributed by atoms with Crippen LogP contribution in [-0.4, -0.2) is 38.6 Å². The third-order valence-corrected chi connectivity index (χ3v) is 5.13. The fraction of sp³-hybridized carbons (Fsp3) is 0.214. The standard InChI is InChI=1S/C14H14N2O4S/c1-20-10-9-15-11-5-2-3-7-13(11)21(18,19)16-8-4-6-12(16)14(15)17/h2-8H,9-10H2,1H3. The van der Waals surface area contributed by atoms with Crippen molar-refractivity contribution in [2.24, 2.45) is 0 Å². The quantitative estimate of drug-likeness (QED) is 0.858. The minimum atomic E-state index is -3.77. The molecule has 1 amide bonds. The van der Waals surface area contributed by atoms with Gasteiger partial charge in [0.05, 0.1) is 12.3 Å². The van der Waals surface area contributed by atoms with Gasteiger partial charge in [0.25, 0.3) is 15.9 Å². The average molecular weight is 306 g/mol. The molecule has 0 saturated heterocycles. The number of hydrogen-bond acceptors (Lipinski definition) is 4. The molecule has 110 valence electrons. The molecule has 2 aromatic rings. The lowest BCUT2D eigenvalue weighted by molar-refractivity contribution is 0.0970. The molecule has 0 bridgehead atoms. The molecule has 21 heavy (non-hydrogen) atoms. The molecule has 6 nitrogen and oxygen atoms in total. The van der Waals surface area contributed by atoms with E-state index in [1.54, 1.807) is 24.3 Å². The lowest BCUT2D eigenvalue weighted by Crippen LogP contribution is -2.34. The number of anilines is 1. The van der Waals surface area contributed by atoms with Gasteiger partial charge in [-0.1, -0.05) is 12.1 Å². The van der Waals surface area contributed by atoms with Crippen molar-refractivity contribution in [2.75, 3.05) is 25.2 Å². The van der Waals surface area contributed by atoms with E-state index in [1.165, 1.54) is 30.3 Å². The van der Waals surface area contributed by atoms with Crippen molar-refractivity contribution in [3.63, 3.8) is 0 Å². The van der Waals surface area contributed by atoms with E-state index >= 15 is 0 Å². The minimum absolute atomic E-state index is 0.115. The summed E-state index contributed by atoms with van der Waals surface area (Å²) in [5, 5.41) is 0.